The number of hydrogen-bond acceptors (Lipinski definition) is 10. The summed E-state index contributed by atoms with van der Waals surface area (Å²) in [6.07, 6.45) is 9.47. The number of benzene rings is 1. The standard InChI is InChI=1S/C32H33F2N9O4S/c33-31(34)47-26-3-2-21(48-22-16-46-17-22)12-23(26)28-25(39-30(45)24-13-38-43-9-1-8-36-29(24)43)14-42(40-28)15-27(44)41-10-4-20(5-11-41)37-19-32(18-35)6-7-32/h1-3,8-9,12-14,20,22,31,37H,4-7,10-11,15-17,19H2,(H,39,45). The molecule has 3 fully saturated rings. The van der Waals surface area contributed by atoms with E-state index < -0.39 is 12.5 Å². The maximum atomic E-state index is 13.5. The van der Waals surface area contributed by atoms with Crippen LogP contribution < -0.4 is 15.4 Å². The number of amides is 2. The van der Waals surface area contributed by atoms with Crippen molar-refractivity contribution < 1.29 is 27.8 Å². The van der Waals surface area contributed by atoms with E-state index in [0.29, 0.717) is 38.5 Å². The first-order valence-electron chi connectivity index (χ1n) is 15.7. The first-order chi connectivity index (χ1) is 23.3. The van der Waals surface area contributed by atoms with Gasteiger partial charge in [-0.05, 0) is 49.9 Å². The molecule has 3 aromatic heterocycles. The van der Waals surface area contributed by atoms with Gasteiger partial charge in [-0.25, -0.2) is 9.50 Å². The summed E-state index contributed by atoms with van der Waals surface area (Å²) >= 11 is 1.54. The Labute approximate surface area is 278 Å². The number of halogens is 2. The lowest BCUT2D eigenvalue weighted by atomic mass is 10.0. The van der Waals surface area contributed by atoms with Gasteiger partial charge in [-0.2, -0.15) is 24.2 Å². The van der Waals surface area contributed by atoms with Crippen molar-refractivity contribution >= 4 is 34.9 Å². The zero-order valence-electron chi connectivity index (χ0n) is 25.8. The summed E-state index contributed by atoms with van der Waals surface area (Å²) < 4.78 is 40.1. The second-order valence-corrected chi connectivity index (χ2v) is 13.6. The number of nitrogens with one attached hydrogen (secondary N) is 2. The van der Waals surface area contributed by atoms with Crippen LogP contribution in [0.1, 0.15) is 36.0 Å². The number of nitrogens with zero attached hydrogens (tertiary/aromatic N) is 7. The molecule has 1 aromatic carbocycles. The van der Waals surface area contributed by atoms with Gasteiger partial charge in [0, 0.05) is 54.7 Å². The number of carbonyl (C=O) groups is 2. The number of anilines is 1. The molecule has 13 nitrogen and oxygen atoms in total. The highest BCUT2D eigenvalue weighted by Crippen LogP contribution is 2.44. The van der Waals surface area contributed by atoms with Crippen LogP contribution in [0.3, 0.4) is 0 Å². The van der Waals surface area contributed by atoms with Crippen LogP contribution >= 0.6 is 11.8 Å². The number of carbonyl (C=O) groups excluding carboxylic acids is 2. The molecular formula is C32H33F2N9O4S. The van der Waals surface area contributed by atoms with Crippen molar-refractivity contribution in [2.24, 2.45) is 5.41 Å². The molecule has 1 aliphatic carbocycles. The average Bonchev–Trinajstić information content (AvgIpc) is 3.55. The van der Waals surface area contributed by atoms with Crippen LogP contribution in [0.2, 0.25) is 0 Å². The van der Waals surface area contributed by atoms with Gasteiger partial charge in [0.15, 0.2) is 5.65 Å². The molecule has 0 radical (unpaired) electrons. The van der Waals surface area contributed by atoms with Gasteiger partial charge in [-0.15, -0.1) is 11.8 Å². The quantitative estimate of drug-likeness (QED) is 0.227. The molecule has 4 aromatic rings. The van der Waals surface area contributed by atoms with E-state index in [1.165, 1.54) is 27.7 Å². The van der Waals surface area contributed by atoms with Crippen molar-refractivity contribution in [3.8, 4) is 23.1 Å². The van der Waals surface area contributed by atoms with Crippen molar-refractivity contribution in [2.45, 2.75) is 55.0 Å². The van der Waals surface area contributed by atoms with E-state index in [1.807, 2.05) is 0 Å². The molecule has 16 heteroatoms. The monoisotopic (exact) mass is 677 g/mol. The van der Waals surface area contributed by atoms with E-state index in [0.717, 1.165) is 30.6 Å². The lowest BCUT2D eigenvalue weighted by Gasteiger charge is -2.33. The topological polar surface area (TPSA) is 152 Å². The Morgan fingerprint density at radius 3 is 2.75 bits per heavy atom. The van der Waals surface area contributed by atoms with Gasteiger partial charge in [-0.3, -0.25) is 14.3 Å². The molecule has 2 amide bonds. The molecule has 2 N–H and O–H groups in total. The Kier molecular flexibility index (Phi) is 8.99. The van der Waals surface area contributed by atoms with Crippen molar-refractivity contribution in [3.05, 3.63) is 54.6 Å². The van der Waals surface area contributed by atoms with E-state index in [-0.39, 0.29) is 57.4 Å². The summed E-state index contributed by atoms with van der Waals surface area (Å²) in [5.41, 5.74) is 0.896. The molecule has 0 spiro atoms. The summed E-state index contributed by atoms with van der Waals surface area (Å²) in [5.74, 6) is -0.827. The third-order valence-electron chi connectivity index (χ3n) is 8.83. The highest BCUT2D eigenvalue weighted by atomic mass is 32.2. The van der Waals surface area contributed by atoms with Crippen molar-refractivity contribution in [2.75, 3.05) is 38.2 Å². The van der Waals surface area contributed by atoms with Gasteiger partial charge < -0.3 is 25.0 Å². The second-order valence-electron chi connectivity index (χ2n) is 12.2. The lowest BCUT2D eigenvalue weighted by Crippen LogP contribution is -2.46. The van der Waals surface area contributed by atoms with Gasteiger partial charge >= 0.3 is 6.61 Å². The minimum atomic E-state index is -3.10. The van der Waals surface area contributed by atoms with Gasteiger partial charge in [-0.1, -0.05) is 0 Å². The van der Waals surface area contributed by atoms with Crippen LogP contribution in [0.15, 0.2) is 53.9 Å². The summed E-state index contributed by atoms with van der Waals surface area (Å²) in [7, 11) is 0. The molecule has 1 saturated carbocycles. The normalized spacial score (nSPS) is 17.7. The number of hydrogen-bond donors (Lipinski definition) is 2. The molecule has 2 aliphatic heterocycles. The number of fused-ring (bicyclic) bond motifs is 1. The fourth-order valence-electron chi connectivity index (χ4n) is 5.80. The van der Waals surface area contributed by atoms with E-state index in [9.17, 15) is 23.6 Å². The number of aromatic nitrogens is 5. The Hall–Kier alpha value is -4.59. The molecule has 5 heterocycles. The Morgan fingerprint density at radius 1 is 1.23 bits per heavy atom. The summed E-state index contributed by atoms with van der Waals surface area (Å²) in [6.45, 7) is -0.304. The fourth-order valence-corrected chi connectivity index (χ4v) is 6.85. The molecule has 250 valence electrons. The zero-order chi connectivity index (χ0) is 33.3. The van der Waals surface area contributed by atoms with Gasteiger partial charge in [0.2, 0.25) is 5.91 Å². The number of rotatable bonds is 12. The van der Waals surface area contributed by atoms with E-state index in [1.54, 1.807) is 47.3 Å². The van der Waals surface area contributed by atoms with Crippen LogP contribution in [-0.2, 0) is 16.1 Å². The first kappa shape index (κ1) is 32.0. The summed E-state index contributed by atoms with van der Waals surface area (Å²) in [6, 6.07) is 9.15. The highest BCUT2D eigenvalue weighted by Gasteiger charge is 2.43. The van der Waals surface area contributed by atoms with Crippen LogP contribution in [0.4, 0.5) is 14.5 Å². The number of thioether (sulfide) groups is 1. The molecular weight excluding hydrogens is 644 g/mol. The number of alkyl halides is 2. The minimum Gasteiger partial charge on any atom is -0.434 e. The van der Waals surface area contributed by atoms with Crippen LogP contribution in [0.5, 0.6) is 5.75 Å². The highest BCUT2D eigenvalue weighted by molar-refractivity contribution is 8.00. The predicted octanol–water partition coefficient (Wildman–Crippen LogP) is 3.82. The SMILES string of the molecule is N#CC1(CNC2CCN(C(=O)Cn3cc(NC(=O)c4cnn5cccnc45)c(-c4cc(SC5COC5)ccc4OC(F)F)n3)CC2)CC1. The summed E-state index contributed by atoms with van der Waals surface area (Å²) in [5, 5.41) is 24.7. The van der Waals surface area contributed by atoms with Gasteiger partial charge in [0.05, 0.1) is 41.8 Å². The smallest absolute Gasteiger partial charge is 0.387 e. The van der Waals surface area contributed by atoms with Crippen molar-refractivity contribution in [1.82, 2.24) is 34.6 Å². The number of ether oxygens (including phenoxy) is 2. The molecule has 3 aliphatic rings. The Balaban J connectivity index is 1.14. The maximum Gasteiger partial charge on any atom is 0.387 e. The Bertz CT molecular complexity index is 1860. The molecule has 0 bridgehead atoms. The van der Waals surface area contributed by atoms with Gasteiger partial charge in [0.25, 0.3) is 5.91 Å². The molecule has 7 rings (SSSR count). The molecule has 0 atom stereocenters. The van der Waals surface area contributed by atoms with Crippen LogP contribution in [-0.4, -0.2) is 91.8 Å². The van der Waals surface area contributed by atoms with Gasteiger partial charge in [0.1, 0.15) is 23.6 Å². The second kappa shape index (κ2) is 13.5. The third-order valence-corrected chi connectivity index (χ3v) is 9.96. The van der Waals surface area contributed by atoms with Crippen LogP contribution in [0.25, 0.3) is 16.9 Å². The largest absolute Gasteiger partial charge is 0.434 e. The first-order valence-corrected chi connectivity index (χ1v) is 16.6. The van der Waals surface area contributed by atoms with E-state index >= 15 is 0 Å². The number of piperidine rings is 1. The van der Waals surface area contributed by atoms with E-state index in [2.05, 4.69) is 31.9 Å². The Morgan fingerprint density at radius 2 is 2.04 bits per heavy atom. The van der Waals surface area contributed by atoms with Crippen molar-refractivity contribution in [1.29, 1.82) is 5.26 Å². The summed E-state index contributed by atoms with van der Waals surface area (Å²) in [4.78, 5) is 33.8. The van der Waals surface area contributed by atoms with Crippen LogP contribution in [0, 0.1) is 16.7 Å². The zero-order valence-corrected chi connectivity index (χ0v) is 26.7. The van der Waals surface area contributed by atoms with E-state index in [4.69, 9.17) is 9.47 Å². The number of nitriles is 1. The maximum absolute atomic E-state index is 13.5. The minimum absolute atomic E-state index is 0.122. The molecule has 48 heavy (non-hydrogen) atoms. The third kappa shape index (κ3) is 6.98. The molecule has 2 saturated heterocycles. The molecule has 0 unspecified atom stereocenters. The lowest BCUT2D eigenvalue weighted by molar-refractivity contribution is -0.133. The predicted molar refractivity (Wildman–Crippen MR) is 171 cm³/mol. The van der Waals surface area contributed by atoms with Crippen molar-refractivity contribution in [3.63, 3.8) is 0 Å². The number of likely N-dealkylation sites (tertiary alicyclic amines) is 1. The fraction of sp³-hybridized carbons (Fsp3) is 0.438. The average molecular weight is 678 g/mol.